The van der Waals surface area contributed by atoms with Gasteiger partial charge in [0.25, 0.3) is 0 Å². The third kappa shape index (κ3) is 4.51. The molecule has 0 amide bonds. The number of hydrogen-bond acceptors (Lipinski definition) is 4. The summed E-state index contributed by atoms with van der Waals surface area (Å²) in [6.07, 6.45) is 4.18. The normalized spacial score (nSPS) is 21.0. The minimum atomic E-state index is 0.0634. The van der Waals surface area contributed by atoms with E-state index in [0.29, 0.717) is 12.5 Å². The van der Waals surface area contributed by atoms with Gasteiger partial charge < -0.3 is 21.0 Å². The van der Waals surface area contributed by atoms with E-state index in [-0.39, 0.29) is 11.9 Å². The van der Waals surface area contributed by atoms with Crippen LogP contribution in [0.1, 0.15) is 37.3 Å². The van der Waals surface area contributed by atoms with Gasteiger partial charge in [-0.05, 0) is 31.4 Å². The first kappa shape index (κ1) is 14.8. The molecular formula is C15H23N3O2. The molecule has 4 N–H and O–H groups in total. The quantitative estimate of drug-likeness (QED) is 0.308. The van der Waals surface area contributed by atoms with Gasteiger partial charge in [-0.15, -0.1) is 0 Å². The SMILES string of the molecule is NC(CC(NCCC1CCCO1)c1ccccc1)=NO. The number of benzene rings is 1. The molecule has 0 radical (unpaired) electrons. The first-order valence-corrected chi connectivity index (χ1v) is 7.16. The third-order valence-electron chi connectivity index (χ3n) is 3.62. The van der Waals surface area contributed by atoms with Crippen LogP contribution in [0.25, 0.3) is 0 Å². The van der Waals surface area contributed by atoms with Crippen molar-refractivity contribution in [2.45, 2.75) is 37.8 Å². The second-order valence-electron chi connectivity index (χ2n) is 5.14. The lowest BCUT2D eigenvalue weighted by Gasteiger charge is -2.19. The molecule has 5 nitrogen and oxygen atoms in total. The highest BCUT2D eigenvalue weighted by Crippen LogP contribution is 2.18. The second-order valence-corrected chi connectivity index (χ2v) is 5.14. The van der Waals surface area contributed by atoms with Gasteiger partial charge in [-0.25, -0.2) is 0 Å². The van der Waals surface area contributed by atoms with Crippen LogP contribution in [-0.4, -0.2) is 30.3 Å². The number of hydrogen-bond donors (Lipinski definition) is 3. The zero-order valence-electron chi connectivity index (χ0n) is 11.7. The molecule has 2 unspecified atom stereocenters. The van der Waals surface area contributed by atoms with Crippen molar-refractivity contribution in [3.05, 3.63) is 35.9 Å². The number of ether oxygens (including phenoxy) is 1. The molecule has 0 bridgehead atoms. The summed E-state index contributed by atoms with van der Waals surface area (Å²) in [5, 5.41) is 15.3. The van der Waals surface area contributed by atoms with E-state index < -0.39 is 0 Å². The van der Waals surface area contributed by atoms with Crippen molar-refractivity contribution in [2.75, 3.05) is 13.2 Å². The standard InChI is InChI=1S/C15H23N3O2/c16-15(18-19)11-14(12-5-2-1-3-6-12)17-9-8-13-7-4-10-20-13/h1-3,5-6,13-14,17,19H,4,7-11H2,(H2,16,18). The van der Waals surface area contributed by atoms with Gasteiger partial charge in [0.15, 0.2) is 0 Å². The summed E-state index contributed by atoms with van der Waals surface area (Å²) in [5.41, 5.74) is 6.79. The number of nitrogens with zero attached hydrogens (tertiary/aromatic N) is 1. The largest absolute Gasteiger partial charge is 0.409 e. The molecule has 110 valence electrons. The zero-order chi connectivity index (χ0) is 14.2. The zero-order valence-corrected chi connectivity index (χ0v) is 11.7. The molecule has 5 heteroatoms. The maximum Gasteiger partial charge on any atom is 0.141 e. The van der Waals surface area contributed by atoms with E-state index in [1.54, 1.807) is 0 Å². The molecule has 2 rings (SSSR count). The maximum atomic E-state index is 8.74. The van der Waals surface area contributed by atoms with Crippen LogP contribution in [0.4, 0.5) is 0 Å². The van der Waals surface area contributed by atoms with E-state index in [1.807, 2.05) is 30.3 Å². The molecule has 1 aromatic rings. The van der Waals surface area contributed by atoms with Gasteiger partial charge in [-0.3, -0.25) is 0 Å². The van der Waals surface area contributed by atoms with Crippen molar-refractivity contribution in [1.82, 2.24) is 5.32 Å². The fraction of sp³-hybridized carbons (Fsp3) is 0.533. The average Bonchev–Trinajstić information content (AvgIpc) is 3.00. The highest BCUT2D eigenvalue weighted by molar-refractivity contribution is 5.80. The summed E-state index contributed by atoms with van der Waals surface area (Å²) in [6.45, 7) is 1.75. The van der Waals surface area contributed by atoms with E-state index in [9.17, 15) is 0 Å². The number of oxime groups is 1. The lowest BCUT2D eigenvalue weighted by molar-refractivity contribution is 0.103. The van der Waals surface area contributed by atoms with Crippen LogP contribution in [0, 0.1) is 0 Å². The summed E-state index contributed by atoms with van der Waals surface area (Å²) >= 11 is 0. The van der Waals surface area contributed by atoms with Crippen LogP contribution >= 0.6 is 0 Å². The Bertz CT molecular complexity index is 416. The molecule has 0 spiro atoms. The number of nitrogens with one attached hydrogen (secondary N) is 1. The monoisotopic (exact) mass is 277 g/mol. The van der Waals surface area contributed by atoms with Crippen LogP contribution in [-0.2, 0) is 4.74 Å². The van der Waals surface area contributed by atoms with Crippen LogP contribution < -0.4 is 11.1 Å². The number of amidine groups is 1. The summed E-state index contributed by atoms with van der Waals surface area (Å²) in [6, 6.07) is 10.1. The Labute approximate surface area is 119 Å². The van der Waals surface area contributed by atoms with Crippen molar-refractivity contribution >= 4 is 5.84 Å². The lowest BCUT2D eigenvalue weighted by atomic mass is 10.0. The Morgan fingerprint density at radius 3 is 2.90 bits per heavy atom. The Balaban J connectivity index is 1.88. The Morgan fingerprint density at radius 1 is 1.45 bits per heavy atom. The van der Waals surface area contributed by atoms with Crippen molar-refractivity contribution in [2.24, 2.45) is 10.9 Å². The van der Waals surface area contributed by atoms with Crippen molar-refractivity contribution in [3.63, 3.8) is 0 Å². The molecule has 1 aliphatic rings. The van der Waals surface area contributed by atoms with Gasteiger partial charge in [-0.1, -0.05) is 35.5 Å². The van der Waals surface area contributed by atoms with Crippen molar-refractivity contribution < 1.29 is 9.94 Å². The van der Waals surface area contributed by atoms with E-state index in [1.165, 1.54) is 0 Å². The number of rotatable bonds is 7. The molecular weight excluding hydrogens is 254 g/mol. The molecule has 0 aromatic heterocycles. The molecule has 1 fully saturated rings. The van der Waals surface area contributed by atoms with Gasteiger partial charge >= 0.3 is 0 Å². The van der Waals surface area contributed by atoms with E-state index in [2.05, 4.69) is 10.5 Å². The predicted molar refractivity (Wildman–Crippen MR) is 78.8 cm³/mol. The minimum Gasteiger partial charge on any atom is -0.409 e. The van der Waals surface area contributed by atoms with Gasteiger partial charge in [0, 0.05) is 19.1 Å². The Hall–Kier alpha value is -1.59. The first-order chi connectivity index (χ1) is 9.79. The molecule has 0 saturated carbocycles. The summed E-state index contributed by atoms with van der Waals surface area (Å²) in [4.78, 5) is 0. The van der Waals surface area contributed by atoms with Crippen molar-refractivity contribution in [3.8, 4) is 0 Å². The molecule has 1 aliphatic heterocycles. The lowest BCUT2D eigenvalue weighted by Crippen LogP contribution is -2.29. The molecule has 20 heavy (non-hydrogen) atoms. The molecule has 1 saturated heterocycles. The van der Waals surface area contributed by atoms with Crippen LogP contribution in [0.5, 0.6) is 0 Å². The molecule has 0 aliphatic carbocycles. The second kappa shape index (κ2) is 7.87. The van der Waals surface area contributed by atoms with E-state index in [0.717, 1.165) is 38.0 Å². The Morgan fingerprint density at radius 2 is 2.25 bits per heavy atom. The van der Waals surface area contributed by atoms with Gasteiger partial charge in [-0.2, -0.15) is 0 Å². The Kier molecular flexibility index (Phi) is 5.83. The smallest absolute Gasteiger partial charge is 0.141 e. The average molecular weight is 277 g/mol. The molecule has 1 heterocycles. The van der Waals surface area contributed by atoms with E-state index >= 15 is 0 Å². The number of nitrogens with two attached hydrogens (primary N) is 1. The fourth-order valence-corrected chi connectivity index (χ4v) is 2.53. The summed E-state index contributed by atoms with van der Waals surface area (Å²) in [5.74, 6) is 0.239. The van der Waals surface area contributed by atoms with Crippen molar-refractivity contribution in [1.29, 1.82) is 0 Å². The van der Waals surface area contributed by atoms with Gasteiger partial charge in [0.1, 0.15) is 5.84 Å². The van der Waals surface area contributed by atoms with Gasteiger partial charge in [0.05, 0.1) is 6.10 Å². The van der Waals surface area contributed by atoms with Gasteiger partial charge in [0.2, 0.25) is 0 Å². The maximum absolute atomic E-state index is 8.74. The van der Waals surface area contributed by atoms with E-state index in [4.69, 9.17) is 15.7 Å². The first-order valence-electron chi connectivity index (χ1n) is 7.16. The minimum absolute atomic E-state index is 0.0634. The van der Waals surface area contributed by atoms with Crippen LogP contribution in [0.3, 0.4) is 0 Å². The molecule has 1 aromatic carbocycles. The highest BCUT2D eigenvalue weighted by Gasteiger charge is 2.17. The summed E-state index contributed by atoms with van der Waals surface area (Å²) in [7, 11) is 0. The highest BCUT2D eigenvalue weighted by atomic mass is 16.5. The van der Waals surface area contributed by atoms with Crippen LogP contribution in [0.2, 0.25) is 0 Å². The predicted octanol–water partition coefficient (Wildman–Crippen LogP) is 2.02. The molecule has 2 atom stereocenters. The van der Waals surface area contributed by atoms with Crippen LogP contribution in [0.15, 0.2) is 35.5 Å². The fourth-order valence-electron chi connectivity index (χ4n) is 2.53. The summed E-state index contributed by atoms with van der Waals surface area (Å²) < 4.78 is 5.61. The topological polar surface area (TPSA) is 79.9 Å². The third-order valence-corrected chi connectivity index (χ3v) is 3.62.